The minimum atomic E-state index is -0.253. The van der Waals surface area contributed by atoms with Gasteiger partial charge in [-0.2, -0.15) is 0 Å². The lowest BCUT2D eigenvalue weighted by molar-refractivity contribution is 0.111. The average Bonchev–Trinajstić information content (AvgIpc) is 2.56. The molecule has 0 heterocycles. The normalized spacial score (nSPS) is 12.4. The van der Waals surface area contributed by atoms with Gasteiger partial charge >= 0.3 is 0 Å². The molecule has 0 saturated carbocycles. The molecule has 1 atom stereocenters. The summed E-state index contributed by atoms with van der Waals surface area (Å²) in [5, 5.41) is 6.46. The van der Waals surface area contributed by atoms with Gasteiger partial charge < -0.3 is 20.1 Å². The second kappa shape index (κ2) is 14.4. The van der Waals surface area contributed by atoms with Crippen LogP contribution in [0.4, 0.5) is 4.39 Å². The highest BCUT2D eigenvalue weighted by molar-refractivity contribution is 14.0. The first-order chi connectivity index (χ1) is 11.2. The van der Waals surface area contributed by atoms with Crippen LogP contribution in [0.2, 0.25) is 0 Å². The van der Waals surface area contributed by atoms with Gasteiger partial charge in [0.05, 0.1) is 6.54 Å². The second-order valence-corrected chi connectivity index (χ2v) is 4.97. The van der Waals surface area contributed by atoms with E-state index in [0.717, 1.165) is 44.2 Å². The second-order valence-electron chi connectivity index (χ2n) is 4.97. The molecule has 0 aliphatic carbocycles. The van der Waals surface area contributed by atoms with Gasteiger partial charge in [0.15, 0.2) is 5.96 Å². The number of benzene rings is 1. The number of hydrogen-bond acceptors (Lipinski definition) is 3. The minimum absolute atomic E-state index is 0. The van der Waals surface area contributed by atoms with Crippen molar-refractivity contribution >= 4 is 29.9 Å². The van der Waals surface area contributed by atoms with Gasteiger partial charge in [-0.15, -0.1) is 24.0 Å². The van der Waals surface area contributed by atoms with Gasteiger partial charge in [0.25, 0.3) is 0 Å². The molecule has 5 nitrogen and oxygen atoms in total. The maximum absolute atomic E-state index is 13.0. The zero-order valence-electron chi connectivity index (χ0n) is 14.7. The molecular weight excluding hydrogens is 424 g/mol. The summed E-state index contributed by atoms with van der Waals surface area (Å²) in [6.45, 7) is 7.51. The van der Waals surface area contributed by atoms with E-state index >= 15 is 0 Å². The van der Waals surface area contributed by atoms with E-state index in [-0.39, 0.29) is 35.9 Å². The first-order valence-electron chi connectivity index (χ1n) is 8.09. The molecule has 1 aromatic carbocycles. The monoisotopic (exact) mass is 453 g/mol. The Morgan fingerprint density at radius 1 is 1.21 bits per heavy atom. The summed E-state index contributed by atoms with van der Waals surface area (Å²) in [5.41, 5.74) is 0.907. The number of halogens is 2. The van der Waals surface area contributed by atoms with E-state index in [1.54, 1.807) is 19.2 Å². The Morgan fingerprint density at radius 2 is 1.92 bits per heavy atom. The van der Waals surface area contributed by atoms with Crippen LogP contribution in [-0.4, -0.2) is 45.9 Å². The van der Waals surface area contributed by atoms with Crippen LogP contribution >= 0.6 is 24.0 Å². The summed E-state index contributed by atoms with van der Waals surface area (Å²) in [6.07, 6.45) is 0.721. The molecule has 2 N–H and O–H groups in total. The number of methoxy groups -OCH3 is 1. The van der Waals surface area contributed by atoms with Gasteiger partial charge in [0.2, 0.25) is 0 Å². The molecule has 24 heavy (non-hydrogen) atoms. The molecule has 0 fully saturated rings. The van der Waals surface area contributed by atoms with Crippen LogP contribution in [0.15, 0.2) is 29.3 Å². The molecule has 1 aromatic rings. The Bertz CT molecular complexity index is 458. The van der Waals surface area contributed by atoms with E-state index < -0.39 is 0 Å². The quantitative estimate of drug-likeness (QED) is 0.248. The average molecular weight is 453 g/mol. The topological polar surface area (TPSA) is 54.9 Å². The van der Waals surface area contributed by atoms with Crippen molar-refractivity contribution in [2.45, 2.75) is 26.4 Å². The van der Waals surface area contributed by atoms with Crippen LogP contribution in [0.1, 0.15) is 31.9 Å². The van der Waals surface area contributed by atoms with Crippen LogP contribution in [0.25, 0.3) is 0 Å². The molecule has 1 rings (SSSR count). The molecule has 0 aliphatic heterocycles. The highest BCUT2D eigenvalue weighted by atomic mass is 127. The van der Waals surface area contributed by atoms with Crippen molar-refractivity contribution in [2.24, 2.45) is 4.99 Å². The third kappa shape index (κ3) is 9.39. The first kappa shape index (κ1) is 23.1. The fourth-order valence-electron chi connectivity index (χ4n) is 2.03. The molecule has 0 bridgehead atoms. The van der Waals surface area contributed by atoms with Crippen LogP contribution in [0, 0.1) is 5.82 Å². The van der Waals surface area contributed by atoms with Crippen molar-refractivity contribution in [1.82, 2.24) is 10.6 Å². The van der Waals surface area contributed by atoms with Crippen molar-refractivity contribution in [3.63, 3.8) is 0 Å². The smallest absolute Gasteiger partial charge is 0.191 e. The molecule has 0 aliphatic rings. The Labute approximate surface area is 161 Å². The van der Waals surface area contributed by atoms with Crippen molar-refractivity contribution in [1.29, 1.82) is 0 Å². The third-order valence-electron chi connectivity index (χ3n) is 3.25. The third-order valence-corrected chi connectivity index (χ3v) is 3.25. The molecule has 7 heteroatoms. The fourth-order valence-corrected chi connectivity index (χ4v) is 2.03. The molecule has 0 spiro atoms. The SMILES string of the molecule is CCNC(=NCC(OC)c1ccc(F)cc1)NCCCOCC.I. The number of hydrogen-bond donors (Lipinski definition) is 2. The molecule has 1 unspecified atom stereocenters. The molecule has 0 amide bonds. The van der Waals surface area contributed by atoms with E-state index in [9.17, 15) is 4.39 Å². The molecule has 0 aromatic heterocycles. The Hall–Kier alpha value is -0.930. The molecular formula is C17H29FIN3O2. The summed E-state index contributed by atoms with van der Waals surface area (Å²) in [5.74, 6) is 0.490. The first-order valence-corrected chi connectivity index (χ1v) is 8.09. The van der Waals surface area contributed by atoms with Crippen molar-refractivity contribution in [3.05, 3.63) is 35.6 Å². The summed E-state index contributed by atoms with van der Waals surface area (Å²) in [7, 11) is 1.63. The fraction of sp³-hybridized carbons (Fsp3) is 0.588. The highest BCUT2D eigenvalue weighted by Crippen LogP contribution is 2.17. The number of ether oxygens (including phenoxy) is 2. The number of nitrogens with one attached hydrogen (secondary N) is 2. The van der Waals surface area contributed by atoms with E-state index in [1.165, 1.54) is 12.1 Å². The summed E-state index contributed by atoms with van der Waals surface area (Å²) < 4.78 is 23.8. The lowest BCUT2D eigenvalue weighted by atomic mass is 10.1. The van der Waals surface area contributed by atoms with E-state index in [0.29, 0.717) is 6.54 Å². The highest BCUT2D eigenvalue weighted by Gasteiger charge is 2.10. The van der Waals surface area contributed by atoms with E-state index in [4.69, 9.17) is 9.47 Å². The van der Waals surface area contributed by atoms with Gasteiger partial charge in [0.1, 0.15) is 11.9 Å². The molecule has 0 saturated heterocycles. The van der Waals surface area contributed by atoms with E-state index in [2.05, 4.69) is 15.6 Å². The minimum Gasteiger partial charge on any atom is -0.382 e. The largest absolute Gasteiger partial charge is 0.382 e. The van der Waals surface area contributed by atoms with Crippen LogP contribution in [0.5, 0.6) is 0 Å². The number of guanidine groups is 1. The van der Waals surface area contributed by atoms with Gasteiger partial charge in [-0.1, -0.05) is 12.1 Å². The van der Waals surface area contributed by atoms with Crippen molar-refractivity contribution in [2.75, 3.05) is 40.0 Å². The van der Waals surface area contributed by atoms with Crippen LogP contribution in [-0.2, 0) is 9.47 Å². The number of aliphatic imine (C=N–C) groups is 1. The van der Waals surface area contributed by atoms with Crippen molar-refractivity contribution in [3.8, 4) is 0 Å². The maximum atomic E-state index is 13.0. The summed E-state index contributed by atoms with van der Waals surface area (Å²) in [4.78, 5) is 4.54. The zero-order chi connectivity index (χ0) is 16.9. The summed E-state index contributed by atoms with van der Waals surface area (Å²) in [6, 6.07) is 6.31. The Morgan fingerprint density at radius 3 is 2.50 bits per heavy atom. The van der Waals surface area contributed by atoms with Gasteiger partial charge in [-0.05, 0) is 38.0 Å². The summed E-state index contributed by atoms with van der Waals surface area (Å²) >= 11 is 0. The van der Waals surface area contributed by atoms with Gasteiger partial charge in [-0.3, -0.25) is 4.99 Å². The predicted molar refractivity (Wildman–Crippen MR) is 107 cm³/mol. The Kier molecular flexibility index (Phi) is 13.9. The molecule has 138 valence electrons. The van der Waals surface area contributed by atoms with Crippen molar-refractivity contribution < 1.29 is 13.9 Å². The lowest BCUT2D eigenvalue weighted by Gasteiger charge is -2.16. The lowest BCUT2D eigenvalue weighted by Crippen LogP contribution is -2.38. The van der Waals surface area contributed by atoms with Crippen LogP contribution < -0.4 is 10.6 Å². The predicted octanol–water partition coefficient (Wildman–Crippen LogP) is 3.11. The zero-order valence-corrected chi connectivity index (χ0v) is 17.0. The Balaban J connectivity index is 0.00000529. The van der Waals surface area contributed by atoms with E-state index in [1.807, 2.05) is 13.8 Å². The number of rotatable bonds is 10. The van der Waals surface area contributed by atoms with Crippen LogP contribution in [0.3, 0.4) is 0 Å². The van der Waals surface area contributed by atoms with Gasteiger partial charge in [-0.25, -0.2) is 4.39 Å². The van der Waals surface area contributed by atoms with Gasteiger partial charge in [0, 0.05) is 33.4 Å². The maximum Gasteiger partial charge on any atom is 0.191 e. The number of nitrogens with zero attached hydrogens (tertiary/aromatic N) is 1. The standard InChI is InChI=1S/C17H28FN3O2.HI/c1-4-19-17(20-11-6-12-23-5-2)21-13-16(22-3)14-7-9-15(18)10-8-14;/h7-10,16H,4-6,11-13H2,1-3H3,(H2,19,20,21);1H. The molecule has 0 radical (unpaired) electrons.